The van der Waals surface area contributed by atoms with Crippen molar-refractivity contribution in [3.63, 3.8) is 0 Å². The Morgan fingerprint density at radius 1 is 1.09 bits per heavy atom. The van der Waals surface area contributed by atoms with Crippen LogP contribution in [0, 0.1) is 6.92 Å². The summed E-state index contributed by atoms with van der Waals surface area (Å²) in [7, 11) is 3.52. The first-order valence-corrected chi connectivity index (χ1v) is 11.5. The molecule has 6 nitrogen and oxygen atoms in total. The van der Waals surface area contributed by atoms with E-state index in [4.69, 9.17) is 0 Å². The number of aliphatic imine (C=N–C) groups is 1. The summed E-state index contributed by atoms with van der Waals surface area (Å²) < 4.78 is 0. The van der Waals surface area contributed by atoms with E-state index in [2.05, 4.69) is 70.8 Å². The van der Waals surface area contributed by atoms with E-state index in [0.29, 0.717) is 12.0 Å². The molecule has 1 atom stereocenters. The molecule has 180 valence electrons. The van der Waals surface area contributed by atoms with E-state index in [-0.39, 0.29) is 42.5 Å². The minimum absolute atomic E-state index is 0. The first-order chi connectivity index (χ1) is 15.4. The topological polar surface area (TPSA) is 60.0 Å². The summed E-state index contributed by atoms with van der Waals surface area (Å²) in [5, 5.41) is 7.08. The fraction of sp³-hybridized carbons (Fsp3) is 0.462. The van der Waals surface area contributed by atoms with Crippen LogP contribution in [-0.4, -0.2) is 61.4 Å². The van der Waals surface area contributed by atoms with Crippen LogP contribution in [0.5, 0.6) is 0 Å². The third-order valence-corrected chi connectivity index (χ3v) is 6.11. The highest BCUT2D eigenvalue weighted by Crippen LogP contribution is 2.17. The van der Waals surface area contributed by atoms with Crippen molar-refractivity contribution in [1.82, 2.24) is 20.4 Å². The summed E-state index contributed by atoms with van der Waals surface area (Å²) in [4.78, 5) is 20.8. The van der Waals surface area contributed by atoms with Crippen molar-refractivity contribution in [2.45, 2.75) is 45.3 Å². The lowest BCUT2D eigenvalue weighted by Gasteiger charge is -2.34. The molecular weight excluding hydrogens is 525 g/mol. The first-order valence-electron chi connectivity index (χ1n) is 11.5. The summed E-state index contributed by atoms with van der Waals surface area (Å²) in [6.07, 6.45) is 2.10. The van der Waals surface area contributed by atoms with Crippen LogP contribution in [0.4, 0.5) is 0 Å². The number of likely N-dealkylation sites (N-methyl/N-ethyl adjacent to an activating group) is 1. The minimum Gasteiger partial charge on any atom is -0.354 e. The first kappa shape index (κ1) is 27.1. The Labute approximate surface area is 215 Å². The van der Waals surface area contributed by atoms with Gasteiger partial charge in [0.1, 0.15) is 6.54 Å². The Balaban J connectivity index is 0.00000385. The van der Waals surface area contributed by atoms with Gasteiger partial charge in [-0.2, -0.15) is 0 Å². The van der Waals surface area contributed by atoms with E-state index < -0.39 is 0 Å². The molecule has 3 rings (SSSR count). The molecular formula is C26H38IN5O. The standard InChI is InChI=1S/C26H37N5O.HI/c1-20-10-8-9-13-23(20)19-31-16-14-24(15-17-31)29-26(27-18-25(32)30(3)4)28-21(2)22-11-6-5-7-12-22;/h5-13,21,24H,14-19H2,1-4H3,(H2,27,28,29);1H. The second kappa shape index (κ2) is 13.5. The fourth-order valence-electron chi connectivity index (χ4n) is 3.91. The van der Waals surface area contributed by atoms with E-state index >= 15 is 0 Å². The number of carbonyl (C=O) groups is 1. The largest absolute Gasteiger partial charge is 0.354 e. The van der Waals surface area contributed by atoms with Crippen LogP contribution >= 0.6 is 24.0 Å². The lowest BCUT2D eigenvalue weighted by Crippen LogP contribution is -2.49. The lowest BCUT2D eigenvalue weighted by molar-refractivity contribution is -0.127. The number of hydrogen-bond donors (Lipinski definition) is 2. The number of benzene rings is 2. The molecule has 1 saturated heterocycles. The van der Waals surface area contributed by atoms with Crippen LogP contribution < -0.4 is 10.6 Å². The van der Waals surface area contributed by atoms with Crippen molar-refractivity contribution in [3.05, 3.63) is 71.3 Å². The average Bonchev–Trinajstić information content (AvgIpc) is 2.80. The quantitative estimate of drug-likeness (QED) is 0.304. The molecule has 7 heteroatoms. The highest BCUT2D eigenvalue weighted by Gasteiger charge is 2.21. The second-order valence-electron chi connectivity index (χ2n) is 8.85. The number of guanidine groups is 1. The van der Waals surface area contributed by atoms with Gasteiger partial charge in [-0.25, -0.2) is 4.99 Å². The fourth-order valence-corrected chi connectivity index (χ4v) is 3.91. The van der Waals surface area contributed by atoms with E-state index in [0.717, 1.165) is 32.5 Å². The zero-order valence-corrected chi connectivity index (χ0v) is 22.6. The molecule has 0 aliphatic carbocycles. The molecule has 1 fully saturated rings. The zero-order chi connectivity index (χ0) is 22.9. The van der Waals surface area contributed by atoms with Gasteiger partial charge in [-0.3, -0.25) is 9.69 Å². The molecule has 1 unspecified atom stereocenters. The molecule has 2 N–H and O–H groups in total. The van der Waals surface area contributed by atoms with E-state index in [1.165, 1.54) is 16.7 Å². The molecule has 1 amide bonds. The van der Waals surface area contributed by atoms with Gasteiger partial charge in [0.05, 0.1) is 6.04 Å². The Bertz CT molecular complexity index is 895. The Morgan fingerprint density at radius 3 is 2.36 bits per heavy atom. The molecule has 1 aliphatic heterocycles. The predicted octanol–water partition coefficient (Wildman–Crippen LogP) is 3.96. The minimum atomic E-state index is -0.00786. The van der Waals surface area contributed by atoms with Gasteiger partial charge < -0.3 is 15.5 Å². The lowest BCUT2D eigenvalue weighted by atomic mass is 10.0. The van der Waals surface area contributed by atoms with Crippen LogP contribution in [0.1, 0.15) is 42.5 Å². The average molecular weight is 564 g/mol. The van der Waals surface area contributed by atoms with Crippen LogP contribution in [0.15, 0.2) is 59.6 Å². The molecule has 0 saturated carbocycles. The second-order valence-corrected chi connectivity index (χ2v) is 8.85. The zero-order valence-electron chi connectivity index (χ0n) is 20.3. The van der Waals surface area contributed by atoms with Gasteiger partial charge in [0.15, 0.2) is 5.96 Å². The van der Waals surface area contributed by atoms with E-state index in [9.17, 15) is 4.79 Å². The van der Waals surface area contributed by atoms with Crippen molar-refractivity contribution < 1.29 is 4.79 Å². The van der Waals surface area contributed by atoms with Crippen LogP contribution in [-0.2, 0) is 11.3 Å². The number of likely N-dealkylation sites (tertiary alicyclic amines) is 1. The molecule has 33 heavy (non-hydrogen) atoms. The maximum absolute atomic E-state index is 12.1. The Kier molecular flexibility index (Phi) is 11.1. The van der Waals surface area contributed by atoms with Crippen molar-refractivity contribution in [2.24, 2.45) is 4.99 Å². The van der Waals surface area contributed by atoms with E-state index in [1.807, 2.05) is 18.2 Å². The number of nitrogens with one attached hydrogen (secondary N) is 2. The summed E-state index contributed by atoms with van der Waals surface area (Å²) >= 11 is 0. The monoisotopic (exact) mass is 563 g/mol. The maximum Gasteiger partial charge on any atom is 0.243 e. The van der Waals surface area contributed by atoms with Crippen LogP contribution in [0.25, 0.3) is 0 Å². The molecule has 0 radical (unpaired) electrons. The number of rotatable bonds is 7. The number of hydrogen-bond acceptors (Lipinski definition) is 3. The molecule has 0 bridgehead atoms. The normalized spacial score (nSPS) is 15.9. The Morgan fingerprint density at radius 2 is 1.73 bits per heavy atom. The van der Waals surface area contributed by atoms with Crippen molar-refractivity contribution >= 4 is 35.8 Å². The highest BCUT2D eigenvalue weighted by molar-refractivity contribution is 14.0. The highest BCUT2D eigenvalue weighted by atomic mass is 127. The number of piperidine rings is 1. The van der Waals surface area contributed by atoms with Gasteiger partial charge >= 0.3 is 0 Å². The number of aryl methyl sites for hydroxylation is 1. The predicted molar refractivity (Wildman–Crippen MR) is 147 cm³/mol. The van der Waals surface area contributed by atoms with E-state index in [1.54, 1.807) is 19.0 Å². The van der Waals surface area contributed by atoms with Gasteiger partial charge in [0.2, 0.25) is 5.91 Å². The number of carbonyl (C=O) groups excluding carboxylic acids is 1. The van der Waals surface area contributed by atoms with Gasteiger partial charge in [-0.05, 0) is 43.4 Å². The molecule has 0 spiro atoms. The summed E-state index contributed by atoms with van der Waals surface area (Å²) in [6, 6.07) is 19.4. The van der Waals surface area contributed by atoms with Gasteiger partial charge in [-0.15, -0.1) is 24.0 Å². The smallest absolute Gasteiger partial charge is 0.243 e. The summed E-state index contributed by atoms with van der Waals surface area (Å²) in [5.41, 5.74) is 3.95. The van der Waals surface area contributed by atoms with Crippen molar-refractivity contribution in [1.29, 1.82) is 0 Å². The maximum atomic E-state index is 12.1. The number of halogens is 1. The third-order valence-electron chi connectivity index (χ3n) is 6.11. The SMILES string of the molecule is Cc1ccccc1CN1CCC(NC(=NCC(=O)N(C)C)NC(C)c2ccccc2)CC1.I. The molecule has 2 aromatic carbocycles. The molecule has 2 aromatic rings. The van der Waals surface area contributed by atoms with Gasteiger partial charge in [-0.1, -0.05) is 54.6 Å². The van der Waals surface area contributed by atoms with Gasteiger partial charge in [0, 0.05) is 39.8 Å². The molecule has 1 aliphatic rings. The molecule has 1 heterocycles. The summed E-state index contributed by atoms with van der Waals surface area (Å²) in [5.74, 6) is 0.695. The van der Waals surface area contributed by atoms with Crippen molar-refractivity contribution in [3.8, 4) is 0 Å². The number of amides is 1. The number of nitrogens with zero attached hydrogens (tertiary/aromatic N) is 3. The van der Waals surface area contributed by atoms with Gasteiger partial charge in [0.25, 0.3) is 0 Å². The van der Waals surface area contributed by atoms with Crippen molar-refractivity contribution in [2.75, 3.05) is 33.7 Å². The third kappa shape index (κ3) is 8.62. The Hall–Kier alpha value is -2.13. The van der Waals surface area contributed by atoms with Crippen LogP contribution in [0.2, 0.25) is 0 Å². The van der Waals surface area contributed by atoms with Crippen LogP contribution in [0.3, 0.4) is 0 Å². The molecule has 0 aromatic heterocycles. The summed E-state index contributed by atoms with van der Waals surface area (Å²) in [6.45, 7) is 7.53.